The smallest absolute Gasteiger partial charge is 0.407 e. The third-order valence-electron chi connectivity index (χ3n) is 3.97. The number of sulfonamides is 1. The lowest BCUT2D eigenvalue weighted by atomic mass is 10.1. The summed E-state index contributed by atoms with van der Waals surface area (Å²) in [7, 11) is -2.54. The molecule has 0 aliphatic rings. The third-order valence-corrected chi connectivity index (χ3v) is 6.03. The Labute approximate surface area is 205 Å². The van der Waals surface area contributed by atoms with Crippen molar-refractivity contribution in [3.8, 4) is 16.2 Å². The highest BCUT2D eigenvalue weighted by Crippen LogP contribution is 2.36. The van der Waals surface area contributed by atoms with Gasteiger partial charge in [-0.15, -0.1) is 0 Å². The van der Waals surface area contributed by atoms with Crippen molar-refractivity contribution >= 4 is 38.5 Å². The van der Waals surface area contributed by atoms with Gasteiger partial charge in [-0.25, -0.2) is 23.3 Å². The average Bonchev–Trinajstić information content (AvgIpc) is 3.06. The zero-order valence-electron chi connectivity index (χ0n) is 20.6. The van der Waals surface area contributed by atoms with Gasteiger partial charge in [-0.2, -0.15) is 0 Å². The number of carbonyl (C=O) groups excluding carboxylic acids is 2. The lowest BCUT2D eigenvalue weighted by molar-refractivity contribution is -0.116. The molecule has 1 aromatic heterocycles. The lowest BCUT2D eigenvalue weighted by Crippen LogP contribution is -2.32. The van der Waals surface area contributed by atoms with Gasteiger partial charge in [-0.1, -0.05) is 18.3 Å². The van der Waals surface area contributed by atoms with Gasteiger partial charge < -0.3 is 20.1 Å². The number of alkyl carbamates (subject to hydrolysis) is 1. The van der Waals surface area contributed by atoms with Crippen LogP contribution in [0.15, 0.2) is 23.1 Å². The maximum absolute atomic E-state index is 11.7. The van der Waals surface area contributed by atoms with Crippen LogP contribution < -0.4 is 20.5 Å². The highest BCUT2D eigenvalue weighted by Gasteiger charge is 2.19. The second-order valence-electron chi connectivity index (χ2n) is 8.17. The number of anilines is 1. The van der Waals surface area contributed by atoms with E-state index in [-0.39, 0.29) is 28.2 Å². The first-order valence-electron chi connectivity index (χ1n) is 10.7. The van der Waals surface area contributed by atoms with Gasteiger partial charge in [0.25, 0.3) is 0 Å². The molecule has 1 heterocycles. The van der Waals surface area contributed by atoms with Gasteiger partial charge in [0.2, 0.25) is 15.9 Å². The number of aryl methyl sites for hydroxylation is 1. The summed E-state index contributed by atoms with van der Waals surface area (Å²) in [6.07, 6.45) is 0.820. The maximum Gasteiger partial charge on any atom is 0.407 e. The Morgan fingerprint density at radius 2 is 1.85 bits per heavy atom. The molecule has 0 saturated carbocycles. The summed E-state index contributed by atoms with van der Waals surface area (Å²) in [5, 5.41) is 11.0. The molecule has 0 unspecified atom stereocenters. The number of hydrogen-bond acceptors (Lipinski definition) is 8. The van der Waals surface area contributed by atoms with E-state index in [1.54, 1.807) is 19.1 Å². The van der Waals surface area contributed by atoms with E-state index in [1.807, 2.05) is 34.6 Å². The fraction of sp³-hybridized carbons (Fsp3) is 0.500. The van der Waals surface area contributed by atoms with Crippen molar-refractivity contribution in [2.45, 2.75) is 64.9 Å². The Balaban J connectivity index is 0.000000489. The van der Waals surface area contributed by atoms with Crippen LogP contribution in [0.1, 0.15) is 53.2 Å². The molecule has 0 bridgehead atoms. The van der Waals surface area contributed by atoms with Crippen LogP contribution >= 0.6 is 11.3 Å². The molecule has 0 radical (unpaired) electrons. The van der Waals surface area contributed by atoms with Gasteiger partial charge in [-0.05, 0) is 64.8 Å². The number of nitrogens with one attached hydrogen (secondary N) is 2. The second-order valence-corrected chi connectivity index (χ2v) is 10.7. The molecule has 12 heteroatoms. The number of methoxy groups -OCH3 is 1. The molecule has 0 spiro atoms. The highest BCUT2D eigenvalue weighted by molar-refractivity contribution is 7.89. The summed E-state index contributed by atoms with van der Waals surface area (Å²) < 4.78 is 33.4. The summed E-state index contributed by atoms with van der Waals surface area (Å²) in [4.78, 5) is 27.4. The molecular formula is C22H34N4O6S2. The van der Waals surface area contributed by atoms with Crippen molar-refractivity contribution in [2.24, 2.45) is 5.14 Å². The van der Waals surface area contributed by atoms with Crippen molar-refractivity contribution in [1.82, 2.24) is 10.3 Å². The minimum absolute atomic E-state index is 0.0909. The predicted molar refractivity (Wildman–Crippen MR) is 134 cm³/mol. The molecular weight excluding hydrogens is 480 g/mol. The monoisotopic (exact) mass is 514 g/mol. The highest BCUT2D eigenvalue weighted by atomic mass is 32.2. The standard InChI is InChI=1S/C15H19N3O4S2.C7H15NO2/c1-4-5-13(19)18-15-17-9(2)14(23-15)10-6-7-11(22-3)12(8-10)24(16,20)21;1-5-8-6(9)10-7(2,3)4/h6-8H,4-5H2,1-3H3,(H2,16,20,21)(H,17,18,19);5H2,1-4H3,(H,8,9). The summed E-state index contributed by atoms with van der Waals surface area (Å²) >= 11 is 1.28. The number of nitrogens with zero attached hydrogens (tertiary/aromatic N) is 1. The molecule has 4 N–H and O–H groups in total. The maximum atomic E-state index is 11.7. The largest absolute Gasteiger partial charge is 0.495 e. The van der Waals surface area contributed by atoms with Crippen molar-refractivity contribution in [1.29, 1.82) is 0 Å². The molecule has 190 valence electrons. The molecule has 0 aliphatic carbocycles. The summed E-state index contributed by atoms with van der Waals surface area (Å²) in [5.41, 5.74) is 0.947. The van der Waals surface area contributed by atoms with E-state index in [0.29, 0.717) is 29.4 Å². The summed E-state index contributed by atoms with van der Waals surface area (Å²) in [5.74, 6) is 0.0812. The Morgan fingerprint density at radius 3 is 2.35 bits per heavy atom. The van der Waals surface area contributed by atoms with Crippen LogP contribution in [-0.2, 0) is 19.6 Å². The molecule has 0 saturated heterocycles. The van der Waals surface area contributed by atoms with E-state index in [2.05, 4.69) is 15.6 Å². The predicted octanol–water partition coefficient (Wildman–Crippen LogP) is 4.04. The van der Waals surface area contributed by atoms with Gasteiger partial charge in [0.1, 0.15) is 16.2 Å². The zero-order chi connectivity index (χ0) is 26.1. The minimum Gasteiger partial charge on any atom is -0.495 e. The number of ether oxygens (including phenoxy) is 2. The van der Waals surface area contributed by atoms with E-state index < -0.39 is 10.0 Å². The fourth-order valence-electron chi connectivity index (χ4n) is 2.63. The van der Waals surface area contributed by atoms with E-state index >= 15 is 0 Å². The van der Waals surface area contributed by atoms with Crippen LogP contribution in [0.2, 0.25) is 0 Å². The molecule has 34 heavy (non-hydrogen) atoms. The number of benzene rings is 1. The number of hydrogen-bond donors (Lipinski definition) is 3. The Hall–Kier alpha value is -2.70. The summed E-state index contributed by atoms with van der Waals surface area (Å²) in [6.45, 7) is 11.7. The first-order valence-corrected chi connectivity index (χ1v) is 13.0. The molecule has 2 amide bonds. The molecule has 2 rings (SSSR count). The van der Waals surface area contributed by atoms with Crippen molar-refractivity contribution in [3.05, 3.63) is 23.9 Å². The van der Waals surface area contributed by atoms with Crippen LogP contribution in [0, 0.1) is 6.92 Å². The SMILES string of the molecule is CCCC(=O)Nc1nc(C)c(-c2ccc(OC)c(S(N)(=O)=O)c2)s1.CCNC(=O)OC(C)(C)C. The number of carbonyl (C=O) groups is 2. The van der Waals surface area contributed by atoms with E-state index in [1.165, 1.54) is 24.5 Å². The van der Waals surface area contributed by atoms with Crippen molar-refractivity contribution in [2.75, 3.05) is 19.0 Å². The fourth-order valence-corrected chi connectivity index (χ4v) is 4.33. The first kappa shape index (κ1) is 29.3. The third kappa shape index (κ3) is 9.65. The molecule has 1 aromatic carbocycles. The lowest BCUT2D eigenvalue weighted by Gasteiger charge is -2.19. The molecule has 2 aromatic rings. The quantitative estimate of drug-likeness (QED) is 0.504. The minimum atomic E-state index is -3.92. The number of primary sulfonamides is 1. The zero-order valence-corrected chi connectivity index (χ0v) is 22.3. The van der Waals surface area contributed by atoms with Gasteiger partial charge in [-0.3, -0.25) is 4.79 Å². The van der Waals surface area contributed by atoms with Gasteiger partial charge in [0.15, 0.2) is 5.13 Å². The number of aromatic nitrogens is 1. The van der Waals surface area contributed by atoms with Crippen LogP contribution in [0.3, 0.4) is 0 Å². The number of thiazole rings is 1. The van der Waals surface area contributed by atoms with E-state index in [0.717, 1.165) is 11.3 Å². The van der Waals surface area contributed by atoms with Crippen molar-refractivity contribution < 1.29 is 27.5 Å². The molecule has 0 atom stereocenters. The number of amides is 2. The van der Waals surface area contributed by atoms with Crippen LogP contribution in [0.25, 0.3) is 10.4 Å². The molecule has 10 nitrogen and oxygen atoms in total. The van der Waals surface area contributed by atoms with Crippen LogP contribution in [0.4, 0.5) is 9.93 Å². The normalized spacial score (nSPS) is 11.2. The Morgan fingerprint density at radius 1 is 1.21 bits per heavy atom. The average molecular weight is 515 g/mol. The van der Waals surface area contributed by atoms with Crippen molar-refractivity contribution in [3.63, 3.8) is 0 Å². The summed E-state index contributed by atoms with van der Waals surface area (Å²) in [6, 6.07) is 4.72. The first-order chi connectivity index (χ1) is 15.7. The Bertz CT molecular complexity index is 1090. The van der Waals surface area contributed by atoms with Crippen LogP contribution in [-0.4, -0.2) is 44.7 Å². The van der Waals surface area contributed by atoms with Gasteiger partial charge >= 0.3 is 6.09 Å². The van der Waals surface area contributed by atoms with E-state index in [9.17, 15) is 18.0 Å². The van der Waals surface area contributed by atoms with Gasteiger partial charge in [0, 0.05) is 13.0 Å². The van der Waals surface area contributed by atoms with Crippen LogP contribution in [0.5, 0.6) is 5.75 Å². The molecule has 0 aliphatic heterocycles. The number of rotatable bonds is 7. The van der Waals surface area contributed by atoms with Gasteiger partial charge in [0.05, 0.1) is 17.7 Å². The topological polar surface area (TPSA) is 150 Å². The number of nitrogens with two attached hydrogens (primary N) is 1. The van der Waals surface area contributed by atoms with E-state index in [4.69, 9.17) is 14.6 Å². The molecule has 0 fully saturated rings. The second kappa shape index (κ2) is 12.7. The Kier molecular flexibility index (Phi) is 10.9.